The lowest BCUT2D eigenvalue weighted by atomic mass is 10.1. The van der Waals surface area contributed by atoms with Crippen LogP contribution in [0.3, 0.4) is 0 Å². The minimum absolute atomic E-state index is 0.0427. The van der Waals surface area contributed by atoms with Crippen molar-refractivity contribution >= 4 is 71.9 Å². The Kier molecular flexibility index (Phi) is 7.34. The van der Waals surface area contributed by atoms with Crippen LogP contribution in [0.5, 0.6) is 0 Å². The van der Waals surface area contributed by atoms with Crippen molar-refractivity contribution in [3.63, 3.8) is 0 Å². The number of aromatic amines is 1. The first-order chi connectivity index (χ1) is 20.8. The van der Waals surface area contributed by atoms with Gasteiger partial charge in [0.15, 0.2) is 29.5 Å². The smallest absolute Gasteiger partial charge is 0.383 e. The van der Waals surface area contributed by atoms with Gasteiger partial charge in [-0.2, -0.15) is 0 Å². The number of nitrogens with zero attached hydrogens (tertiary/aromatic N) is 7. The van der Waals surface area contributed by atoms with E-state index in [0.29, 0.717) is 0 Å². The summed E-state index contributed by atoms with van der Waals surface area (Å²) in [6.07, 6.45) is -4.44. The SMILES string of the molecule is C[C@H]1[C@H]2OP(=O)(S)OC[C@H]3O[C@@H](n4cnc5c(N)ncnc54)[C@H](F)[C@@H]3OP(=O)(S)O[C@H]1C[C@H]2n1[nH]c(=O)c2c(N)ncnc21. The maximum atomic E-state index is 16.1. The fourth-order valence-corrected chi connectivity index (χ4v) is 9.37. The van der Waals surface area contributed by atoms with Crippen LogP contribution in [-0.2, 0) is 32.0 Å². The second kappa shape index (κ2) is 10.7. The zero-order chi connectivity index (χ0) is 31.1. The van der Waals surface area contributed by atoms with Crippen LogP contribution in [0, 0.1) is 5.92 Å². The highest BCUT2D eigenvalue weighted by atomic mass is 32.7. The molecule has 0 aromatic carbocycles. The number of thiol groups is 2. The summed E-state index contributed by atoms with van der Waals surface area (Å²) in [7, 11) is 0. The van der Waals surface area contributed by atoms with Crippen LogP contribution in [0.15, 0.2) is 23.8 Å². The largest absolute Gasteiger partial charge is 0.386 e. The Morgan fingerprint density at radius 2 is 1.68 bits per heavy atom. The standard InChI is InChI=1S/C21H25FN10O8P2S2/c1-7-9-2-8(32-18-11(20(33)30-32)16(23)25-4-27-18)14(7)39-41(34,43)36-3-10-15(40-42(35,44)38-9)12(22)21(37-10)31-6-29-13-17(24)26-5-28-19(13)31/h4-10,12,14-15,21H,2-3H2,1H3,(H,30,33)(H,34,43)(H,35,44)(H2,23,25,27)(H2,24,26,28)/t7-,8-,9+,10-,12-,14-,15-,21-,41?,42?/m1/s1. The van der Waals surface area contributed by atoms with Gasteiger partial charge in [0.2, 0.25) is 0 Å². The van der Waals surface area contributed by atoms with E-state index in [4.69, 9.17) is 34.3 Å². The van der Waals surface area contributed by atoms with Crippen molar-refractivity contribution in [2.45, 2.75) is 56.2 Å². The summed E-state index contributed by atoms with van der Waals surface area (Å²) in [5.41, 5.74) is 11.7. The van der Waals surface area contributed by atoms with E-state index in [-0.39, 0.29) is 40.3 Å². The van der Waals surface area contributed by atoms with Crippen molar-refractivity contribution in [1.82, 2.24) is 39.3 Å². The molecule has 236 valence electrons. The fourth-order valence-electron chi connectivity index (χ4n) is 5.89. The average Bonchev–Trinajstić information content (AvgIpc) is 3.68. The molecule has 2 bridgehead atoms. The van der Waals surface area contributed by atoms with E-state index in [1.165, 1.54) is 28.2 Å². The molecule has 6 heterocycles. The number of nitrogens with two attached hydrogens (primary N) is 2. The molecule has 4 aromatic heterocycles. The monoisotopic (exact) mass is 690 g/mol. The molecule has 2 aliphatic heterocycles. The summed E-state index contributed by atoms with van der Waals surface area (Å²) in [6, 6.07) is -0.786. The fraction of sp³-hybridized carbons (Fsp3) is 0.524. The third-order valence-corrected chi connectivity index (χ3v) is 11.2. The third-order valence-electron chi connectivity index (χ3n) is 7.93. The van der Waals surface area contributed by atoms with Gasteiger partial charge < -0.3 is 16.2 Å². The molecule has 23 heteroatoms. The molecule has 44 heavy (non-hydrogen) atoms. The highest BCUT2D eigenvalue weighted by Crippen LogP contribution is 2.63. The van der Waals surface area contributed by atoms with Gasteiger partial charge in [-0.3, -0.25) is 37.2 Å². The van der Waals surface area contributed by atoms with Gasteiger partial charge in [-0.05, 0) is 6.42 Å². The number of alkyl halides is 1. The molecule has 1 aliphatic carbocycles. The second-order valence-corrected chi connectivity index (χ2v) is 16.2. The Hall–Kier alpha value is -2.61. The van der Waals surface area contributed by atoms with E-state index in [1.54, 1.807) is 6.92 Å². The Morgan fingerprint density at radius 1 is 0.977 bits per heavy atom. The Morgan fingerprint density at radius 3 is 2.45 bits per heavy atom. The van der Waals surface area contributed by atoms with Crippen LogP contribution in [0.4, 0.5) is 16.0 Å². The topological polar surface area (TPSA) is 240 Å². The predicted octanol–water partition coefficient (Wildman–Crippen LogP) is 2.20. The minimum Gasteiger partial charge on any atom is -0.383 e. The van der Waals surface area contributed by atoms with Gasteiger partial charge >= 0.3 is 13.6 Å². The lowest BCUT2D eigenvalue weighted by Crippen LogP contribution is -2.35. The van der Waals surface area contributed by atoms with E-state index in [0.717, 1.165) is 0 Å². The molecule has 3 aliphatic rings. The van der Waals surface area contributed by atoms with Crippen LogP contribution in [0.1, 0.15) is 25.6 Å². The summed E-state index contributed by atoms with van der Waals surface area (Å²) >= 11 is 8.32. The molecule has 0 spiro atoms. The summed E-state index contributed by atoms with van der Waals surface area (Å²) in [5.74, 6) is -0.608. The number of nitrogens with one attached hydrogen (secondary N) is 1. The highest BCUT2D eigenvalue weighted by molar-refractivity contribution is 8.44. The molecular formula is C21H25FN10O8P2S2. The summed E-state index contributed by atoms with van der Waals surface area (Å²) in [4.78, 5) is 32.9. The zero-order valence-corrected chi connectivity index (χ0v) is 26.1. The number of aromatic nitrogens is 8. The number of fused-ring (bicyclic) bond motifs is 5. The normalized spacial score (nSPS) is 38.0. The van der Waals surface area contributed by atoms with Gasteiger partial charge in [0.05, 0.1) is 31.2 Å². The summed E-state index contributed by atoms with van der Waals surface area (Å²) < 4.78 is 75.0. The molecule has 10 atom stereocenters. The predicted molar refractivity (Wildman–Crippen MR) is 158 cm³/mol. The molecule has 2 unspecified atom stereocenters. The van der Waals surface area contributed by atoms with Crippen LogP contribution < -0.4 is 17.0 Å². The number of anilines is 2. The van der Waals surface area contributed by atoms with E-state index < -0.39 is 74.5 Å². The van der Waals surface area contributed by atoms with Gasteiger partial charge in [-0.1, -0.05) is 31.4 Å². The maximum Gasteiger partial charge on any atom is 0.386 e. The van der Waals surface area contributed by atoms with Crippen LogP contribution in [0.25, 0.3) is 22.2 Å². The number of halogens is 1. The molecule has 0 amide bonds. The van der Waals surface area contributed by atoms with Gasteiger partial charge in [0, 0.05) is 5.92 Å². The van der Waals surface area contributed by atoms with E-state index in [2.05, 4.69) is 54.5 Å². The molecule has 5 N–H and O–H groups in total. The quantitative estimate of drug-likeness (QED) is 0.150. The molecule has 0 radical (unpaired) electrons. The first-order valence-corrected chi connectivity index (χ1v) is 18.5. The summed E-state index contributed by atoms with van der Waals surface area (Å²) in [5, 5.41) is 2.70. The van der Waals surface area contributed by atoms with Crippen molar-refractivity contribution in [2.24, 2.45) is 5.92 Å². The number of hydrogen-bond donors (Lipinski definition) is 5. The Balaban J connectivity index is 1.22. The highest BCUT2D eigenvalue weighted by Gasteiger charge is 2.54. The van der Waals surface area contributed by atoms with Crippen molar-refractivity contribution in [3.05, 3.63) is 29.3 Å². The van der Waals surface area contributed by atoms with E-state index in [1.807, 2.05) is 0 Å². The average molecular weight is 691 g/mol. The van der Waals surface area contributed by atoms with Gasteiger partial charge in [-0.25, -0.2) is 38.4 Å². The molecule has 3 fully saturated rings. The molecular weight excluding hydrogens is 665 g/mol. The van der Waals surface area contributed by atoms with Crippen molar-refractivity contribution < 1.29 is 36.4 Å². The van der Waals surface area contributed by atoms with Crippen molar-refractivity contribution in [2.75, 3.05) is 18.1 Å². The number of nitrogen functional groups attached to an aromatic ring is 2. The number of ether oxygens (including phenoxy) is 1. The number of hydrogen-bond acceptors (Lipinski definition) is 15. The maximum absolute atomic E-state index is 16.1. The van der Waals surface area contributed by atoms with Crippen LogP contribution in [0.2, 0.25) is 0 Å². The third kappa shape index (κ3) is 5.03. The van der Waals surface area contributed by atoms with E-state index >= 15 is 4.39 Å². The van der Waals surface area contributed by atoms with Crippen LogP contribution >= 0.6 is 38.1 Å². The summed E-state index contributed by atoms with van der Waals surface area (Å²) in [6.45, 7) is -7.38. The zero-order valence-electron chi connectivity index (χ0n) is 22.5. The van der Waals surface area contributed by atoms with Crippen molar-refractivity contribution in [3.8, 4) is 0 Å². The number of H-pyrrole nitrogens is 1. The first-order valence-electron chi connectivity index (χ1n) is 13.1. The number of rotatable bonds is 2. The van der Waals surface area contributed by atoms with Crippen LogP contribution in [-0.4, -0.2) is 76.5 Å². The molecule has 4 aromatic rings. The van der Waals surface area contributed by atoms with Gasteiger partial charge in [0.1, 0.15) is 41.6 Å². The van der Waals surface area contributed by atoms with Gasteiger partial charge in [-0.15, -0.1) is 0 Å². The van der Waals surface area contributed by atoms with E-state index in [9.17, 15) is 13.9 Å². The minimum atomic E-state index is -4.31. The second-order valence-electron chi connectivity index (χ2n) is 10.5. The Labute approximate surface area is 256 Å². The first kappa shape index (κ1) is 30.1. The van der Waals surface area contributed by atoms with Gasteiger partial charge in [0.25, 0.3) is 5.56 Å². The molecule has 2 saturated heterocycles. The molecule has 7 rings (SSSR count). The van der Waals surface area contributed by atoms with Crippen molar-refractivity contribution in [1.29, 1.82) is 0 Å². The molecule has 18 nitrogen and oxygen atoms in total. The number of imidazole rings is 1. The Bertz CT molecular complexity index is 1930. The lowest BCUT2D eigenvalue weighted by molar-refractivity contribution is -0.0445. The lowest BCUT2D eigenvalue weighted by Gasteiger charge is -2.30. The molecule has 1 saturated carbocycles.